The van der Waals surface area contributed by atoms with E-state index >= 15 is 0 Å². The van der Waals surface area contributed by atoms with Crippen LogP contribution in [0.1, 0.15) is 31.7 Å². The molecule has 5 heteroatoms. The van der Waals surface area contributed by atoms with Crippen molar-refractivity contribution in [1.29, 1.82) is 0 Å². The minimum absolute atomic E-state index is 0.710. The summed E-state index contributed by atoms with van der Waals surface area (Å²) in [6, 6.07) is 11.6. The van der Waals surface area contributed by atoms with Gasteiger partial charge in [0.1, 0.15) is 0 Å². The van der Waals surface area contributed by atoms with Crippen LogP contribution in [-0.4, -0.2) is 68.2 Å². The summed E-state index contributed by atoms with van der Waals surface area (Å²) in [5.74, 6) is 1.77. The lowest BCUT2D eigenvalue weighted by Gasteiger charge is -2.48. The summed E-state index contributed by atoms with van der Waals surface area (Å²) in [5, 5.41) is 3.46. The highest BCUT2D eigenvalue weighted by molar-refractivity contribution is 5.80. The molecular weight excluding hydrogens is 324 g/mol. The van der Waals surface area contributed by atoms with Crippen molar-refractivity contribution < 1.29 is 4.74 Å². The van der Waals surface area contributed by atoms with Crippen molar-refractivity contribution in [2.24, 2.45) is 10.9 Å². The van der Waals surface area contributed by atoms with Gasteiger partial charge in [-0.15, -0.1) is 0 Å². The number of ether oxygens (including phenoxy) is 1. The van der Waals surface area contributed by atoms with E-state index in [4.69, 9.17) is 4.74 Å². The minimum Gasteiger partial charge on any atom is -0.380 e. The Kier molecular flexibility index (Phi) is 7.32. The monoisotopic (exact) mass is 358 g/mol. The number of guanidine groups is 1. The molecule has 2 aliphatic heterocycles. The first-order chi connectivity index (χ1) is 12.8. The lowest BCUT2D eigenvalue weighted by molar-refractivity contribution is 0.0371. The van der Waals surface area contributed by atoms with Crippen LogP contribution in [0.5, 0.6) is 0 Å². The topological polar surface area (TPSA) is 40.1 Å². The molecule has 0 saturated carbocycles. The van der Waals surface area contributed by atoms with Crippen LogP contribution < -0.4 is 5.32 Å². The Morgan fingerprint density at radius 2 is 2.08 bits per heavy atom. The van der Waals surface area contributed by atoms with Crippen molar-refractivity contribution in [2.75, 3.05) is 46.4 Å². The number of nitrogens with zero attached hydrogens (tertiary/aromatic N) is 3. The molecule has 2 fully saturated rings. The van der Waals surface area contributed by atoms with Gasteiger partial charge in [0.2, 0.25) is 0 Å². The van der Waals surface area contributed by atoms with Crippen molar-refractivity contribution in [3.05, 3.63) is 35.9 Å². The fourth-order valence-electron chi connectivity index (χ4n) is 4.42. The maximum absolute atomic E-state index is 5.43. The summed E-state index contributed by atoms with van der Waals surface area (Å²) in [7, 11) is 1.89. The van der Waals surface area contributed by atoms with Gasteiger partial charge in [-0.05, 0) is 44.2 Å². The molecule has 2 atom stereocenters. The first-order valence-corrected chi connectivity index (χ1v) is 10.1. The van der Waals surface area contributed by atoms with Gasteiger partial charge >= 0.3 is 0 Å². The molecule has 2 aliphatic rings. The molecule has 0 bridgehead atoms. The van der Waals surface area contributed by atoms with E-state index in [0.29, 0.717) is 6.04 Å². The second-order valence-electron chi connectivity index (χ2n) is 7.33. The predicted octanol–water partition coefficient (Wildman–Crippen LogP) is 2.58. The molecule has 2 saturated heterocycles. The quantitative estimate of drug-likeness (QED) is 0.482. The van der Waals surface area contributed by atoms with Gasteiger partial charge in [0.05, 0.1) is 6.61 Å². The molecule has 1 aromatic rings. The van der Waals surface area contributed by atoms with E-state index in [1.54, 1.807) is 0 Å². The maximum Gasteiger partial charge on any atom is 0.193 e. The van der Waals surface area contributed by atoms with Gasteiger partial charge in [0.15, 0.2) is 5.96 Å². The molecule has 0 radical (unpaired) electrons. The SMILES string of the molecule is CCOCCNC(=NC)N1CCC2C(CCCN2Cc2ccccc2)C1. The van der Waals surface area contributed by atoms with Gasteiger partial charge in [0.25, 0.3) is 0 Å². The number of rotatable bonds is 6. The largest absolute Gasteiger partial charge is 0.380 e. The number of nitrogens with one attached hydrogen (secondary N) is 1. The Bertz CT molecular complexity index is 562. The maximum atomic E-state index is 5.43. The van der Waals surface area contributed by atoms with Gasteiger partial charge < -0.3 is 15.0 Å². The number of hydrogen-bond donors (Lipinski definition) is 1. The zero-order chi connectivity index (χ0) is 18.2. The molecule has 1 aromatic carbocycles. The minimum atomic E-state index is 0.710. The molecule has 0 aliphatic carbocycles. The van der Waals surface area contributed by atoms with E-state index in [0.717, 1.165) is 51.3 Å². The molecule has 0 spiro atoms. The number of aliphatic imine (C=N–C) groups is 1. The van der Waals surface area contributed by atoms with Crippen LogP contribution in [0.3, 0.4) is 0 Å². The lowest BCUT2D eigenvalue weighted by Crippen LogP contribution is -2.56. The normalized spacial score (nSPS) is 24.4. The molecule has 3 rings (SSSR count). The second kappa shape index (κ2) is 9.93. The summed E-state index contributed by atoms with van der Waals surface area (Å²) < 4.78 is 5.43. The molecule has 1 N–H and O–H groups in total. The molecule has 144 valence electrons. The van der Waals surface area contributed by atoms with E-state index in [1.807, 2.05) is 14.0 Å². The van der Waals surface area contributed by atoms with Crippen LogP contribution in [0.15, 0.2) is 35.3 Å². The van der Waals surface area contributed by atoms with Gasteiger partial charge in [-0.3, -0.25) is 9.89 Å². The fourth-order valence-corrected chi connectivity index (χ4v) is 4.42. The van der Waals surface area contributed by atoms with Crippen LogP contribution in [-0.2, 0) is 11.3 Å². The number of fused-ring (bicyclic) bond motifs is 1. The summed E-state index contributed by atoms with van der Waals surface area (Å²) >= 11 is 0. The van der Waals surface area contributed by atoms with Crippen molar-refractivity contribution in [1.82, 2.24) is 15.1 Å². The number of benzene rings is 1. The van der Waals surface area contributed by atoms with Gasteiger partial charge in [-0.2, -0.15) is 0 Å². The predicted molar refractivity (Wildman–Crippen MR) is 107 cm³/mol. The van der Waals surface area contributed by atoms with Crippen molar-refractivity contribution >= 4 is 5.96 Å². The van der Waals surface area contributed by atoms with Crippen molar-refractivity contribution in [3.63, 3.8) is 0 Å². The Balaban J connectivity index is 1.55. The number of likely N-dealkylation sites (tertiary alicyclic amines) is 2. The lowest BCUT2D eigenvalue weighted by atomic mass is 9.83. The van der Waals surface area contributed by atoms with Crippen molar-refractivity contribution in [3.8, 4) is 0 Å². The average molecular weight is 359 g/mol. The smallest absolute Gasteiger partial charge is 0.193 e. The zero-order valence-electron chi connectivity index (χ0n) is 16.4. The highest BCUT2D eigenvalue weighted by Crippen LogP contribution is 2.31. The third-order valence-electron chi connectivity index (χ3n) is 5.66. The van der Waals surface area contributed by atoms with Gasteiger partial charge in [-0.25, -0.2) is 0 Å². The fraction of sp³-hybridized carbons (Fsp3) is 0.667. The summed E-state index contributed by atoms with van der Waals surface area (Å²) in [4.78, 5) is 9.65. The number of piperidine rings is 2. The summed E-state index contributed by atoms with van der Waals surface area (Å²) in [6.45, 7) is 8.88. The van der Waals surface area contributed by atoms with Crippen LogP contribution in [0, 0.1) is 5.92 Å². The van der Waals surface area contributed by atoms with Gasteiger partial charge in [-0.1, -0.05) is 30.3 Å². The first-order valence-electron chi connectivity index (χ1n) is 10.1. The average Bonchev–Trinajstić information content (AvgIpc) is 2.69. The van der Waals surface area contributed by atoms with Crippen LogP contribution >= 0.6 is 0 Å². The third kappa shape index (κ3) is 4.98. The Morgan fingerprint density at radius 3 is 2.85 bits per heavy atom. The standard InChI is InChI=1S/C21H34N4O/c1-3-26-15-12-23-21(22-2)25-14-11-20-19(17-25)10-7-13-24(20)16-18-8-5-4-6-9-18/h4-6,8-9,19-20H,3,7,10-17H2,1-2H3,(H,22,23). The molecule has 26 heavy (non-hydrogen) atoms. The Labute approximate surface area is 158 Å². The molecule has 0 amide bonds. The first kappa shape index (κ1) is 19.2. The Hall–Kier alpha value is -1.59. The zero-order valence-corrected chi connectivity index (χ0v) is 16.4. The summed E-state index contributed by atoms with van der Waals surface area (Å²) in [6.07, 6.45) is 3.87. The molecule has 2 unspecified atom stereocenters. The van der Waals surface area contributed by atoms with E-state index in [2.05, 4.69) is 50.4 Å². The molecule has 0 aromatic heterocycles. The van der Waals surface area contributed by atoms with Crippen LogP contribution in [0.4, 0.5) is 0 Å². The second-order valence-corrected chi connectivity index (χ2v) is 7.33. The van der Waals surface area contributed by atoms with Crippen LogP contribution in [0.25, 0.3) is 0 Å². The highest BCUT2D eigenvalue weighted by atomic mass is 16.5. The highest BCUT2D eigenvalue weighted by Gasteiger charge is 2.36. The number of hydrogen-bond acceptors (Lipinski definition) is 3. The van der Waals surface area contributed by atoms with E-state index in [1.165, 1.54) is 31.4 Å². The van der Waals surface area contributed by atoms with E-state index in [9.17, 15) is 0 Å². The van der Waals surface area contributed by atoms with Crippen molar-refractivity contribution in [2.45, 2.75) is 38.8 Å². The van der Waals surface area contributed by atoms with E-state index in [-0.39, 0.29) is 0 Å². The van der Waals surface area contributed by atoms with E-state index < -0.39 is 0 Å². The third-order valence-corrected chi connectivity index (χ3v) is 5.66. The summed E-state index contributed by atoms with van der Waals surface area (Å²) in [5.41, 5.74) is 1.43. The van der Waals surface area contributed by atoms with Gasteiger partial charge in [0, 0.05) is 45.9 Å². The molecular formula is C21H34N4O. The van der Waals surface area contributed by atoms with Crippen LogP contribution in [0.2, 0.25) is 0 Å². The molecule has 5 nitrogen and oxygen atoms in total. The Morgan fingerprint density at radius 1 is 1.23 bits per heavy atom. The molecule has 2 heterocycles.